The molecule has 11 heteroatoms. The summed E-state index contributed by atoms with van der Waals surface area (Å²) in [5, 5.41) is 7.23. The topological polar surface area (TPSA) is 157 Å². The molecule has 0 bridgehead atoms. The third-order valence-electron chi connectivity index (χ3n) is 4.76. The van der Waals surface area contributed by atoms with Gasteiger partial charge < -0.3 is 25.4 Å². The van der Waals surface area contributed by atoms with Crippen molar-refractivity contribution in [2.75, 3.05) is 7.11 Å². The molecule has 0 fully saturated rings. The van der Waals surface area contributed by atoms with E-state index in [1.54, 1.807) is 20.8 Å². The Labute approximate surface area is 207 Å². The zero-order valence-corrected chi connectivity index (χ0v) is 22.5. The van der Waals surface area contributed by atoms with Crippen LogP contribution in [0.3, 0.4) is 0 Å². The van der Waals surface area contributed by atoms with Gasteiger partial charge in [0.05, 0.1) is 7.11 Å². The lowest BCUT2D eigenvalue weighted by molar-refractivity contribution is -0.167. The van der Waals surface area contributed by atoms with E-state index in [0.29, 0.717) is 0 Å². The molecule has 0 aromatic carbocycles. The van der Waals surface area contributed by atoms with Crippen LogP contribution < -0.4 is 16.0 Å². The highest BCUT2D eigenvalue weighted by Crippen LogP contribution is 2.16. The van der Waals surface area contributed by atoms with Crippen molar-refractivity contribution in [3.8, 4) is 0 Å². The highest BCUT2D eigenvalue weighted by Gasteiger charge is 2.49. The molecule has 0 heterocycles. The van der Waals surface area contributed by atoms with Crippen LogP contribution in [0.25, 0.3) is 0 Å². The number of hydrogen-bond donors (Lipinski definition) is 3. The van der Waals surface area contributed by atoms with Crippen LogP contribution >= 0.6 is 0 Å². The van der Waals surface area contributed by atoms with Gasteiger partial charge in [0.1, 0.15) is 17.7 Å². The third-order valence-corrected chi connectivity index (χ3v) is 4.76. The van der Waals surface area contributed by atoms with E-state index < -0.39 is 58.7 Å². The van der Waals surface area contributed by atoms with Crippen molar-refractivity contribution in [3.05, 3.63) is 0 Å². The van der Waals surface area contributed by atoms with Gasteiger partial charge >= 0.3 is 11.9 Å². The molecule has 3 N–H and O–H groups in total. The molecule has 0 spiro atoms. The molecule has 0 aliphatic heterocycles. The Morgan fingerprint density at radius 3 is 1.69 bits per heavy atom. The van der Waals surface area contributed by atoms with Crippen molar-refractivity contribution in [3.63, 3.8) is 0 Å². The van der Waals surface area contributed by atoms with E-state index in [2.05, 4.69) is 16.0 Å². The van der Waals surface area contributed by atoms with Gasteiger partial charge in [0.2, 0.25) is 11.8 Å². The minimum absolute atomic E-state index is 0.0195. The summed E-state index contributed by atoms with van der Waals surface area (Å²) in [5.74, 6) is -5.90. The van der Waals surface area contributed by atoms with Crippen molar-refractivity contribution in [1.82, 2.24) is 16.0 Å². The molecule has 0 saturated carbocycles. The van der Waals surface area contributed by atoms with Gasteiger partial charge in [-0.25, -0.2) is 9.59 Å². The van der Waals surface area contributed by atoms with Crippen LogP contribution in [0.1, 0.15) is 75.2 Å². The maximum absolute atomic E-state index is 13.3. The summed E-state index contributed by atoms with van der Waals surface area (Å²) in [4.78, 5) is 76.1. The van der Waals surface area contributed by atoms with Gasteiger partial charge in [0.15, 0.2) is 5.54 Å². The number of hydrogen-bond acceptors (Lipinski definition) is 8. The van der Waals surface area contributed by atoms with Crippen molar-refractivity contribution < 1.29 is 38.2 Å². The average molecular weight is 500 g/mol. The standard InChI is InChI=1S/C24H41N3O8/c1-13(2)11-16(25-15(5)28)19(30)27-24(9,18(29)21(32)35-23(6,7)8)22(33)26-17(12-14(3)4)20(31)34-10/h13-14,16-17H,11-12H2,1-10H3,(H,25,28)(H,26,33)(H,27,30)/t16-,17-,24?/m0/s1. The first-order chi connectivity index (χ1) is 15.8. The summed E-state index contributed by atoms with van der Waals surface area (Å²) in [7, 11) is 1.15. The lowest BCUT2D eigenvalue weighted by atomic mass is 9.92. The van der Waals surface area contributed by atoms with Crippen molar-refractivity contribution in [1.29, 1.82) is 0 Å². The molecule has 0 radical (unpaired) electrons. The minimum atomic E-state index is -2.43. The Kier molecular flexibility index (Phi) is 12.1. The Morgan fingerprint density at radius 2 is 1.29 bits per heavy atom. The van der Waals surface area contributed by atoms with Crippen molar-refractivity contribution >= 4 is 35.4 Å². The normalized spacial score (nSPS) is 14.9. The summed E-state index contributed by atoms with van der Waals surface area (Å²) in [6.45, 7) is 14.2. The quantitative estimate of drug-likeness (QED) is 0.204. The maximum Gasteiger partial charge on any atom is 0.378 e. The number of ether oxygens (including phenoxy) is 2. The molecule has 0 aliphatic rings. The van der Waals surface area contributed by atoms with Crippen LogP contribution in [0.5, 0.6) is 0 Å². The first kappa shape index (κ1) is 32.0. The van der Waals surface area contributed by atoms with E-state index in [9.17, 15) is 28.8 Å². The SMILES string of the molecule is COC(=O)[C@H](CC(C)C)NC(=O)C(C)(NC(=O)[C@H](CC(C)C)NC(C)=O)C(=O)C(=O)OC(C)(C)C. The summed E-state index contributed by atoms with van der Waals surface area (Å²) in [6, 6.07) is -2.20. The largest absolute Gasteiger partial charge is 0.467 e. The number of Topliss-reactive ketones (excluding diaryl/α,β-unsaturated/α-hetero) is 1. The molecule has 0 aliphatic carbocycles. The molecule has 0 aromatic rings. The van der Waals surface area contributed by atoms with E-state index in [1.807, 2.05) is 27.7 Å². The van der Waals surface area contributed by atoms with E-state index in [0.717, 1.165) is 14.0 Å². The number of amides is 3. The smallest absolute Gasteiger partial charge is 0.378 e. The molecule has 0 aromatic heterocycles. The third kappa shape index (κ3) is 10.9. The van der Waals surface area contributed by atoms with Crippen molar-refractivity contribution in [2.24, 2.45) is 11.8 Å². The molecular formula is C24H41N3O8. The first-order valence-electron chi connectivity index (χ1n) is 11.6. The summed E-state index contributed by atoms with van der Waals surface area (Å²) in [5.41, 5.74) is -3.48. The van der Waals surface area contributed by atoms with Gasteiger partial charge in [-0.1, -0.05) is 27.7 Å². The highest BCUT2D eigenvalue weighted by atomic mass is 16.6. The van der Waals surface area contributed by atoms with Crippen LogP contribution in [0.2, 0.25) is 0 Å². The van der Waals surface area contributed by atoms with E-state index in [4.69, 9.17) is 9.47 Å². The van der Waals surface area contributed by atoms with Crippen LogP contribution in [0.15, 0.2) is 0 Å². The molecule has 35 heavy (non-hydrogen) atoms. The van der Waals surface area contributed by atoms with E-state index >= 15 is 0 Å². The van der Waals surface area contributed by atoms with E-state index in [-0.39, 0.29) is 24.7 Å². The van der Waals surface area contributed by atoms with Gasteiger partial charge in [-0.2, -0.15) is 0 Å². The predicted molar refractivity (Wildman–Crippen MR) is 128 cm³/mol. The number of nitrogens with one attached hydrogen (secondary N) is 3. The molecule has 1 unspecified atom stereocenters. The number of rotatable bonds is 12. The van der Waals surface area contributed by atoms with Crippen LogP contribution in [0.4, 0.5) is 0 Å². The molecule has 0 saturated heterocycles. The fraction of sp³-hybridized carbons (Fsp3) is 0.750. The Bertz CT molecular complexity index is 816. The number of methoxy groups -OCH3 is 1. The lowest BCUT2D eigenvalue weighted by Crippen LogP contribution is -2.67. The molecule has 200 valence electrons. The molecule has 11 nitrogen and oxygen atoms in total. The lowest BCUT2D eigenvalue weighted by Gasteiger charge is -2.32. The second-order valence-corrected chi connectivity index (χ2v) is 10.5. The fourth-order valence-electron chi connectivity index (χ4n) is 3.16. The summed E-state index contributed by atoms with van der Waals surface area (Å²) >= 11 is 0. The van der Waals surface area contributed by atoms with Gasteiger partial charge in [0, 0.05) is 6.92 Å². The Balaban J connectivity index is 6.30. The maximum atomic E-state index is 13.3. The summed E-state index contributed by atoms with van der Waals surface area (Å²) < 4.78 is 9.87. The number of carbonyl (C=O) groups excluding carboxylic acids is 6. The summed E-state index contributed by atoms with van der Waals surface area (Å²) in [6.07, 6.45) is 0.396. The van der Waals surface area contributed by atoms with Crippen molar-refractivity contribution in [2.45, 2.75) is 98.4 Å². The average Bonchev–Trinajstić information content (AvgIpc) is 2.68. The van der Waals surface area contributed by atoms with Gasteiger partial charge in [-0.15, -0.1) is 0 Å². The second-order valence-electron chi connectivity index (χ2n) is 10.5. The van der Waals surface area contributed by atoms with Gasteiger partial charge in [-0.05, 0) is 52.4 Å². The zero-order chi connectivity index (χ0) is 27.7. The molecular weight excluding hydrogens is 458 g/mol. The monoisotopic (exact) mass is 499 g/mol. The van der Waals surface area contributed by atoms with E-state index in [1.165, 1.54) is 6.92 Å². The molecule has 0 rings (SSSR count). The van der Waals surface area contributed by atoms with Gasteiger partial charge in [0.25, 0.3) is 11.7 Å². The highest BCUT2D eigenvalue weighted by molar-refractivity contribution is 6.42. The number of ketones is 1. The van der Waals surface area contributed by atoms with Crippen LogP contribution in [-0.2, 0) is 38.2 Å². The number of carbonyl (C=O) groups is 6. The Hall–Kier alpha value is -2.98. The molecule has 3 amide bonds. The zero-order valence-electron chi connectivity index (χ0n) is 22.5. The number of esters is 2. The minimum Gasteiger partial charge on any atom is -0.467 e. The predicted octanol–water partition coefficient (Wildman–Crippen LogP) is 1.03. The fourth-order valence-corrected chi connectivity index (χ4v) is 3.16. The van der Waals surface area contributed by atoms with Crippen LogP contribution in [-0.4, -0.2) is 65.8 Å². The van der Waals surface area contributed by atoms with Gasteiger partial charge in [-0.3, -0.25) is 19.2 Å². The molecule has 3 atom stereocenters. The van der Waals surface area contributed by atoms with Crippen LogP contribution in [0, 0.1) is 11.8 Å². The second kappa shape index (κ2) is 13.2. The first-order valence-corrected chi connectivity index (χ1v) is 11.6. The Morgan fingerprint density at radius 1 is 0.800 bits per heavy atom.